The number of hydrogen-bond donors (Lipinski definition) is 2. The minimum Gasteiger partial charge on any atom is -0.348 e. The molecule has 1 atom stereocenters. The number of nitrogens with two attached hydrogens (primary N) is 1. The van der Waals surface area contributed by atoms with Crippen molar-refractivity contribution in [2.75, 3.05) is 6.54 Å². The summed E-state index contributed by atoms with van der Waals surface area (Å²) in [5, 5.41) is 2.83. The molecule has 1 aromatic carbocycles. The van der Waals surface area contributed by atoms with Crippen LogP contribution in [0.1, 0.15) is 18.5 Å². The molecule has 0 fully saturated rings. The Kier molecular flexibility index (Phi) is 6.33. The normalized spacial score (nSPS) is 11.5. The van der Waals surface area contributed by atoms with Gasteiger partial charge < -0.3 is 11.1 Å². The van der Waals surface area contributed by atoms with Crippen molar-refractivity contribution in [1.29, 1.82) is 0 Å². The van der Waals surface area contributed by atoms with E-state index in [0.29, 0.717) is 5.02 Å². The summed E-state index contributed by atoms with van der Waals surface area (Å²) in [6.07, 6.45) is 0. The van der Waals surface area contributed by atoms with Gasteiger partial charge >= 0.3 is 0 Å². The number of nitrogens with one attached hydrogen (secondary N) is 1. The Morgan fingerprint density at radius 3 is 2.75 bits per heavy atom. The molecular weight excluding hydrogens is 254 g/mol. The molecule has 90 valence electrons. The lowest BCUT2D eigenvalue weighted by molar-refractivity contribution is -0.120. The molecule has 0 aliphatic rings. The molecule has 1 rings (SSSR count). The first kappa shape index (κ1) is 15.2. The van der Waals surface area contributed by atoms with Crippen LogP contribution in [0.15, 0.2) is 18.2 Å². The zero-order chi connectivity index (χ0) is 11.4. The van der Waals surface area contributed by atoms with Crippen molar-refractivity contribution >= 4 is 29.9 Å². The van der Waals surface area contributed by atoms with E-state index in [1.807, 2.05) is 0 Å². The van der Waals surface area contributed by atoms with Gasteiger partial charge in [-0.15, -0.1) is 12.4 Å². The van der Waals surface area contributed by atoms with E-state index in [9.17, 15) is 9.18 Å². The lowest BCUT2D eigenvalue weighted by Crippen LogP contribution is -2.32. The molecule has 3 N–H and O–H groups in total. The molecule has 1 amide bonds. The molecule has 0 aromatic heterocycles. The minimum atomic E-state index is -0.491. The number of carbonyl (C=O) groups excluding carboxylic acids is 1. The molecule has 0 aliphatic carbocycles. The van der Waals surface area contributed by atoms with E-state index in [0.717, 1.165) is 0 Å². The van der Waals surface area contributed by atoms with Gasteiger partial charge in [0.05, 0.1) is 12.6 Å². The second-order valence-electron chi connectivity index (χ2n) is 3.13. The molecule has 0 saturated heterocycles. The Bertz CT molecular complexity index is 354. The van der Waals surface area contributed by atoms with Crippen LogP contribution >= 0.6 is 24.0 Å². The lowest BCUT2D eigenvalue weighted by atomic mass is 10.1. The van der Waals surface area contributed by atoms with Gasteiger partial charge in [0.1, 0.15) is 5.82 Å². The molecule has 0 aliphatic heterocycles. The van der Waals surface area contributed by atoms with Crippen molar-refractivity contribution in [3.05, 3.63) is 34.6 Å². The van der Waals surface area contributed by atoms with Crippen molar-refractivity contribution < 1.29 is 9.18 Å². The van der Waals surface area contributed by atoms with Crippen LogP contribution in [0, 0.1) is 5.82 Å². The highest BCUT2D eigenvalue weighted by Crippen LogP contribution is 2.25. The second-order valence-corrected chi connectivity index (χ2v) is 3.54. The molecule has 0 saturated carbocycles. The second kappa shape index (κ2) is 6.68. The van der Waals surface area contributed by atoms with Crippen LogP contribution in [0.25, 0.3) is 0 Å². The predicted molar refractivity (Wildman–Crippen MR) is 64.3 cm³/mol. The van der Waals surface area contributed by atoms with Gasteiger partial charge in [0.2, 0.25) is 5.91 Å². The Hall–Kier alpha value is -0.840. The number of benzene rings is 1. The molecular formula is C10H13Cl2FN2O. The number of carbonyl (C=O) groups is 1. The van der Waals surface area contributed by atoms with Crippen LogP contribution in [0.2, 0.25) is 5.02 Å². The van der Waals surface area contributed by atoms with Gasteiger partial charge in [-0.3, -0.25) is 4.79 Å². The number of amides is 1. The van der Waals surface area contributed by atoms with Crippen molar-refractivity contribution in [2.24, 2.45) is 5.73 Å². The van der Waals surface area contributed by atoms with Crippen molar-refractivity contribution in [1.82, 2.24) is 5.32 Å². The summed E-state index contributed by atoms with van der Waals surface area (Å²) < 4.78 is 13.4. The SMILES string of the molecule is CC(NC(=O)CN)c1c(F)cccc1Cl.Cl. The van der Waals surface area contributed by atoms with Crippen molar-refractivity contribution in [3.63, 3.8) is 0 Å². The fourth-order valence-electron chi connectivity index (χ4n) is 1.30. The molecule has 1 aromatic rings. The van der Waals surface area contributed by atoms with Gasteiger partial charge in [0.15, 0.2) is 0 Å². The third-order valence-electron chi connectivity index (χ3n) is 2.00. The Balaban J connectivity index is 0.00000225. The van der Waals surface area contributed by atoms with Gasteiger partial charge in [0, 0.05) is 10.6 Å². The van der Waals surface area contributed by atoms with E-state index in [-0.39, 0.29) is 30.4 Å². The first-order valence-electron chi connectivity index (χ1n) is 4.49. The summed E-state index contributed by atoms with van der Waals surface area (Å²) >= 11 is 5.83. The quantitative estimate of drug-likeness (QED) is 0.880. The number of hydrogen-bond acceptors (Lipinski definition) is 2. The Morgan fingerprint density at radius 1 is 1.62 bits per heavy atom. The van der Waals surface area contributed by atoms with Gasteiger partial charge in [-0.1, -0.05) is 17.7 Å². The average Bonchev–Trinajstić information content (AvgIpc) is 2.17. The van der Waals surface area contributed by atoms with E-state index in [1.165, 1.54) is 12.1 Å². The van der Waals surface area contributed by atoms with Gasteiger partial charge in [-0.05, 0) is 19.1 Å². The maximum Gasteiger partial charge on any atom is 0.234 e. The monoisotopic (exact) mass is 266 g/mol. The number of halogens is 3. The third-order valence-corrected chi connectivity index (χ3v) is 2.33. The van der Waals surface area contributed by atoms with Crippen molar-refractivity contribution in [3.8, 4) is 0 Å². The number of rotatable bonds is 3. The van der Waals surface area contributed by atoms with E-state index in [1.54, 1.807) is 13.0 Å². The summed E-state index contributed by atoms with van der Waals surface area (Å²) in [5.41, 5.74) is 5.41. The summed E-state index contributed by atoms with van der Waals surface area (Å²) in [7, 11) is 0. The lowest BCUT2D eigenvalue weighted by Gasteiger charge is -2.15. The van der Waals surface area contributed by atoms with Crippen LogP contribution in [0.3, 0.4) is 0 Å². The minimum absolute atomic E-state index is 0. The Labute approximate surface area is 105 Å². The largest absolute Gasteiger partial charge is 0.348 e. The van der Waals surface area contributed by atoms with Crippen LogP contribution in [-0.4, -0.2) is 12.5 Å². The highest BCUT2D eigenvalue weighted by Gasteiger charge is 2.15. The van der Waals surface area contributed by atoms with Crippen LogP contribution in [0.4, 0.5) is 4.39 Å². The van der Waals surface area contributed by atoms with Crippen molar-refractivity contribution in [2.45, 2.75) is 13.0 Å². The third kappa shape index (κ3) is 3.63. The molecule has 3 nitrogen and oxygen atoms in total. The summed E-state index contributed by atoms with van der Waals surface area (Å²) in [4.78, 5) is 11.0. The van der Waals surface area contributed by atoms with E-state index in [2.05, 4.69) is 5.32 Å². The highest BCUT2D eigenvalue weighted by atomic mass is 35.5. The standard InChI is InChI=1S/C10H12ClFN2O.ClH/c1-6(14-9(15)5-13)10-7(11)3-2-4-8(10)12;/h2-4,6H,5,13H2,1H3,(H,14,15);1H. The zero-order valence-corrected chi connectivity index (χ0v) is 10.2. The molecule has 6 heteroatoms. The maximum atomic E-state index is 13.4. The molecule has 1 unspecified atom stereocenters. The first-order chi connectivity index (χ1) is 7.06. The predicted octanol–water partition coefficient (Wildman–Crippen LogP) is 2.04. The molecule has 16 heavy (non-hydrogen) atoms. The van der Waals surface area contributed by atoms with E-state index >= 15 is 0 Å². The fourth-order valence-corrected chi connectivity index (χ4v) is 1.62. The van der Waals surface area contributed by atoms with Crippen LogP contribution < -0.4 is 11.1 Å². The summed E-state index contributed by atoms with van der Waals surface area (Å²) in [6.45, 7) is 1.52. The average molecular weight is 267 g/mol. The Morgan fingerprint density at radius 2 is 2.25 bits per heavy atom. The zero-order valence-electron chi connectivity index (χ0n) is 8.67. The first-order valence-corrected chi connectivity index (χ1v) is 4.87. The van der Waals surface area contributed by atoms with Gasteiger partial charge in [0.25, 0.3) is 0 Å². The van der Waals surface area contributed by atoms with Crippen LogP contribution in [-0.2, 0) is 4.79 Å². The topological polar surface area (TPSA) is 55.1 Å². The highest BCUT2D eigenvalue weighted by molar-refractivity contribution is 6.31. The van der Waals surface area contributed by atoms with E-state index < -0.39 is 11.9 Å². The van der Waals surface area contributed by atoms with Crippen LogP contribution in [0.5, 0.6) is 0 Å². The maximum absolute atomic E-state index is 13.4. The van der Waals surface area contributed by atoms with E-state index in [4.69, 9.17) is 17.3 Å². The van der Waals surface area contributed by atoms with Gasteiger partial charge in [-0.2, -0.15) is 0 Å². The smallest absolute Gasteiger partial charge is 0.234 e. The molecule has 0 bridgehead atoms. The summed E-state index contributed by atoms with van der Waals surface area (Å²) in [6, 6.07) is 3.89. The molecule has 0 radical (unpaired) electrons. The molecule has 0 spiro atoms. The fraction of sp³-hybridized carbons (Fsp3) is 0.300. The summed E-state index contributed by atoms with van der Waals surface area (Å²) in [5.74, 6) is -0.783. The molecule has 0 heterocycles. The van der Waals surface area contributed by atoms with Gasteiger partial charge in [-0.25, -0.2) is 4.39 Å².